The average Bonchev–Trinajstić information content (AvgIpc) is 3.40. The molecule has 44 heavy (non-hydrogen) atoms. The van der Waals surface area contributed by atoms with Crippen LogP contribution in [0.2, 0.25) is 0 Å². The van der Waals surface area contributed by atoms with E-state index in [0.717, 1.165) is 17.7 Å². The number of halogens is 3. The number of carbonyl (C=O) groups is 2. The molecule has 0 bridgehead atoms. The number of rotatable bonds is 9. The Hall–Kier alpha value is -3.77. The lowest BCUT2D eigenvalue weighted by Gasteiger charge is -2.45. The van der Waals surface area contributed by atoms with Crippen molar-refractivity contribution in [2.24, 2.45) is 0 Å². The highest BCUT2D eigenvalue weighted by molar-refractivity contribution is 7.99. The zero-order chi connectivity index (χ0) is 31.3. The Morgan fingerprint density at radius 3 is 2.32 bits per heavy atom. The molecule has 2 amide bonds. The molecule has 0 aromatic heterocycles. The molecule has 2 N–H and O–H groups in total. The fraction of sp³-hybridized carbons (Fsp3) is 0.344. The number of thiocarbonyl (C=S) groups is 1. The Morgan fingerprint density at radius 1 is 1.05 bits per heavy atom. The van der Waals surface area contributed by atoms with E-state index in [1.54, 1.807) is 52.9 Å². The van der Waals surface area contributed by atoms with Gasteiger partial charge in [0.15, 0.2) is 5.11 Å². The number of nitrogens with zero attached hydrogens (tertiary/aromatic N) is 2. The van der Waals surface area contributed by atoms with Crippen LogP contribution in [0.25, 0.3) is 0 Å². The van der Waals surface area contributed by atoms with Gasteiger partial charge in [0.1, 0.15) is 11.3 Å². The highest BCUT2D eigenvalue weighted by Gasteiger charge is 2.48. The lowest BCUT2D eigenvalue weighted by Crippen LogP contribution is -2.61. The van der Waals surface area contributed by atoms with Crippen molar-refractivity contribution in [3.8, 4) is 5.75 Å². The number of anilines is 1. The van der Waals surface area contributed by atoms with Crippen LogP contribution in [0.15, 0.2) is 78.9 Å². The van der Waals surface area contributed by atoms with Gasteiger partial charge in [-0.25, -0.2) is 0 Å². The van der Waals surface area contributed by atoms with Crippen LogP contribution in [0, 0.1) is 0 Å². The van der Waals surface area contributed by atoms with E-state index < -0.39 is 17.3 Å². The number of ether oxygens (including phenoxy) is 1. The van der Waals surface area contributed by atoms with Gasteiger partial charge < -0.3 is 25.2 Å². The van der Waals surface area contributed by atoms with Crippen LogP contribution < -0.4 is 15.4 Å². The van der Waals surface area contributed by atoms with Crippen LogP contribution in [-0.4, -0.2) is 64.0 Å². The van der Waals surface area contributed by atoms with Crippen LogP contribution in [-0.2, 0) is 22.3 Å². The molecule has 3 aromatic rings. The minimum absolute atomic E-state index is 0.0339. The van der Waals surface area contributed by atoms with Gasteiger partial charge in [0.2, 0.25) is 11.8 Å². The van der Waals surface area contributed by atoms with Crippen LogP contribution in [0.3, 0.4) is 0 Å². The molecule has 0 unspecified atom stereocenters. The van der Waals surface area contributed by atoms with Gasteiger partial charge in [-0.15, -0.1) is 0 Å². The Labute approximate surface area is 264 Å². The number of amides is 2. The van der Waals surface area contributed by atoms with Crippen LogP contribution >= 0.6 is 24.0 Å². The molecule has 2 aliphatic rings. The van der Waals surface area contributed by atoms with Gasteiger partial charge in [-0.05, 0) is 84.1 Å². The van der Waals surface area contributed by atoms with Gasteiger partial charge >= 0.3 is 6.18 Å². The molecule has 2 saturated heterocycles. The summed E-state index contributed by atoms with van der Waals surface area (Å²) in [5, 5.41) is 6.69. The number of hydrogen-bond donors (Lipinski definition) is 2. The number of alkyl halides is 3. The molecule has 2 heterocycles. The maximum atomic E-state index is 14.3. The maximum absolute atomic E-state index is 14.3. The highest BCUT2D eigenvalue weighted by Crippen LogP contribution is 2.36. The summed E-state index contributed by atoms with van der Waals surface area (Å²) in [4.78, 5) is 31.8. The summed E-state index contributed by atoms with van der Waals surface area (Å²) in [5.74, 6) is 1.25. The SMILES string of the molecule is COc1ccc(NC(=O)C2(N(Cc3ccc(C(F)(F)F)cc3)C(=O)CN3C[C@@H](c4ccccc4)NC3=S)CCSCC2)cc1. The van der Waals surface area contributed by atoms with E-state index in [4.69, 9.17) is 17.0 Å². The standard InChI is InChI=1S/C32H33F3N4O3S2/c1-42-26-13-11-25(12-14-26)36-29(41)31(15-17-44-18-16-31)39(19-22-7-9-24(10-8-22)32(33,34)35)28(40)21-38-20-27(37-30(38)43)23-5-3-2-4-6-23/h2-14,27H,15-21H2,1H3,(H,36,41)(H,37,43)/t27-/m0/s1. The minimum Gasteiger partial charge on any atom is -0.497 e. The molecule has 12 heteroatoms. The normalized spacial score (nSPS) is 18.0. The van der Waals surface area contributed by atoms with E-state index in [0.29, 0.717) is 53.0 Å². The van der Waals surface area contributed by atoms with E-state index in [1.807, 2.05) is 30.3 Å². The number of benzene rings is 3. The first-order valence-electron chi connectivity index (χ1n) is 14.2. The number of carbonyl (C=O) groups excluding carboxylic acids is 2. The van der Waals surface area contributed by atoms with E-state index in [9.17, 15) is 22.8 Å². The monoisotopic (exact) mass is 642 g/mol. The predicted molar refractivity (Wildman–Crippen MR) is 169 cm³/mol. The summed E-state index contributed by atoms with van der Waals surface area (Å²) >= 11 is 7.29. The molecule has 0 spiro atoms. The zero-order valence-corrected chi connectivity index (χ0v) is 25.7. The minimum atomic E-state index is -4.48. The third kappa shape index (κ3) is 7.13. The largest absolute Gasteiger partial charge is 0.497 e. The van der Waals surface area contributed by atoms with Crippen molar-refractivity contribution in [3.05, 3.63) is 95.6 Å². The van der Waals surface area contributed by atoms with Gasteiger partial charge in [-0.2, -0.15) is 24.9 Å². The molecule has 5 rings (SSSR count). The molecule has 0 saturated carbocycles. The fourth-order valence-electron chi connectivity index (χ4n) is 5.56. The van der Waals surface area contributed by atoms with Crippen molar-refractivity contribution < 1.29 is 27.5 Å². The first-order valence-corrected chi connectivity index (χ1v) is 15.8. The zero-order valence-electron chi connectivity index (χ0n) is 24.1. The van der Waals surface area contributed by atoms with Crippen LogP contribution in [0.1, 0.15) is 35.6 Å². The van der Waals surface area contributed by atoms with Gasteiger partial charge in [-0.3, -0.25) is 9.59 Å². The van der Waals surface area contributed by atoms with Gasteiger partial charge in [0.05, 0.1) is 25.3 Å². The summed E-state index contributed by atoms with van der Waals surface area (Å²) in [6, 6.07) is 21.3. The summed E-state index contributed by atoms with van der Waals surface area (Å²) in [7, 11) is 1.55. The van der Waals surface area contributed by atoms with Crippen molar-refractivity contribution in [1.29, 1.82) is 0 Å². The first kappa shape index (κ1) is 31.6. The topological polar surface area (TPSA) is 73.9 Å². The molecular formula is C32H33F3N4O3S2. The number of hydrogen-bond acceptors (Lipinski definition) is 5. The average molecular weight is 643 g/mol. The molecule has 0 aliphatic carbocycles. The molecule has 2 fully saturated rings. The van der Waals surface area contributed by atoms with Crippen molar-refractivity contribution in [2.45, 2.75) is 37.1 Å². The van der Waals surface area contributed by atoms with Crippen molar-refractivity contribution >= 4 is 46.6 Å². The second-order valence-corrected chi connectivity index (χ2v) is 12.4. The molecule has 3 aromatic carbocycles. The number of thioether (sulfide) groups is 1. The second kappa shape index (κ2) is 13.5. The third-order valence-electron chi connectivity index (χ3n) is 8.05. The lowest BCUT2D eigenvalue weighted by atomic mass is 9.87. The Kier molecular flexibility index (Phi) is 9.69. The number of methoxy groups -OCH3 is 1. The van der Waals surface area contributed by atoms with E-state index in [-0.39, 0.29) is 30.9 Å². The van der Waals surface area contributed by atoms with Gasteiger partial charge in [0.25, 0.3) is 0 Å². The molecule has 7 nitrogen and oxygen atoms in total. The molecule has 0 radical (unpaired) electrons. The molecule has 232 valence electrons. The number of nitrogens with one attached hydrogen (secondary N) is 2. The summed E-state index contributed by atoms with van der Waals surface area (Å²) in [5.41, 5.74) is 0.0709. The van der Waals surface area contributed by atoms with Crippen molar-refractivity contribution in [2.75, 3.05) is 37.0 Å². The van der Waals surface area contributed by atoms with Gasteiger partial charge in [0, 0.05) is 18.8 Å². The summed E-state index contributed by atoms with van der Waals surface area (Å²) in [6.45, 7) is 0.345. The van der Waals surface area contributed by atoms with Crippen LogP contribution in [0.5, 0.6) is 5.75 Å². The highest BCUT2D eigenvalue weighted by atomic mass is 32.2. The van der Waals surface area contributed by atoms with E-state index in [1.165, 1.54) is 12.1 Å². The molecular weight excluding hydrogens is 610 g/mol. The lowest BCUT2D eigenvalue weighted by molar-refractivity contribution is -0.147. The Morgan fingerprint density at radius 2 is 1.70 bits per heavy atom. The Balaban J connectivity index is 1.44. The molecule has 1 atom stereocenters. The van der Waals surface area contributed by atoms with Crippen molar-refractivity contribution in [3.63, 3.8) is 0 Å². The Bertz CT molecular complexity index is 1460. The van der Waals surface area contributed by atoms with E-state index in [2.05, 4.69) is 10.6 Å². The smallest absolute Gasteiger partial charge is 0.416 e. The van der Waals surface area contributed by atoms with Crippen molar-refractivity contribution in [1.82, 2.24) is 15.1 Å². The summed E-state index contributed by atoms with van der Waals surface area (Å²) in [6.07, 6.45) is -3.70. The molecule has 2 aliphatic heterocycles. The second-order valence-electron chi connectivity index (χ2n) is 10.8. The maximum Gasteiger partial charge on any atom is 0.416 e. The fourth-order valence-corrected chi connectivity index (χ4v) is 7.01. The van der Waals surface area contributed by atoms with E-state index >= 15 is 0 Å². The first-order chi connectivity index (χ1) is 21.1. The van der Waals surface area contributed by atoms with Gasteiger partial charge in [-0.1, -0.05) is 42.5 Å². The summed E-state index contributed by atoms with van der Waals surface area (Å²) < 4.78 is 45.1. The third-order valence-corrected chi connectivity index (χ3v) is 9.41. The quantitative estimate of drug-likeness (QED) is 0.283. The predicted octanol–water partition coefficient (Wildman–Crippen LogP) is 5.88. The van der Waals surface area contributed by atoms with Crippen LogP contribution in [0.4, 0.5) is 18.9 Å².